The maximum Gasteiger partial charge on any atom is 0.251 e. The average Bonchev–Trinajstić information content (AvgIpc) is 2.69. The van der Waals surface area contributed by atoms with Crippen molar-refractivity contribution in [1.82, 2.24) is 10.3 Å². The summed E-state index contributed by atoms with van der Waals surface area (Å²) in [6, 6.07) is 12.5. The van der Waals surface area contributed by atoms with Crippen molar-refractivity contribution in [2.45, 2.75) is 10.1 Å². The van der Waals surface area contributed by atoms with E-state index >= 15 is 0 Å². The highest BCUT2D eigenvalue weighted by Gasteiger charge is 2.30. The van der Waals surface area contributed by atoms with E-state index in [1.54, 1.807) is 12.1 Å². The lowest BCUT2D eigenvalue weighted by molar-refractivity contribution is 0.0953. The molecular formula is C20H16F2N2O3S. The van der Waals surface area contributed by atoms with Gasteiger partial charge in [0.1, 0.15) is 16.9 Å². The Morgan fingerprint density at radius 1 is 0.964 bits per heavy atom. The van der Waals surface area contributed by atoms with Crippen LogP contribution < -0.4 is 5.32 Å². The van der Waals surface area contributed by atoms with Gasteiger partial charge in [-0.3, -0.25) is 9.78 Å². The fourth-order valence-electron chi connectivity index (χ4n) is 2.65. The van der Waals surface area contributed by atoms with Crippen LogP contribution in [0.25, 0.3) is 0 Å². The quantitative estimate of drug-likeness (QED) is 0.642. The molecule has 3 aromatic rings. The second-order valence-electron chi connectivity index (χ2n) is 5.99. The Balaban J connectivity index is 1.88. The van der Waals surface area contributed by atoms with E-state index in [2.05, 4.69) is 10.3 Å². The summed E-state index contributed by atoms with van der Waals surface area (Å²) in [6.45, 7) is -0.235. The number of sulfone groups is 1. The van der Waals surface area contributed by atoms with Gasteiger partial charge >= 0.3 is 0 Å². The number of rotatable bonds is 6. The van der Waals surface area contributed by atoms with E-state index < -0.39 is 32.6 Å². The summed E-state index contributed by atoms with van der Waals surface area (Å²) in [6.07, 6.45) is 2.90. The van der Waals surface area contributed by atoms with E-state index in [-0.39, 0.29) is 17.0 Å². The number of carbonyl (C=O) groups excluding carboxylic acids is 1. The van der Waals surface area contributed by atoms with Crippen LogP contribution in [0.15, 0.2) is 78.0 Å². The van der Waals surface area contributed by atoms with Crippen molar-refractivity contribution >= 4 is 15.7 Å². The number of carbonyl (C=O) groups is 1. The van der Waals surface area contributed by atoms with Gasteiger partial charge < -0.3 is 5.32 Å². The summed E-state index contributed by atoms with van der Waals surface area (Å²) in [5.41, 5.74) is 0.580. The molecular weight excluding hydrogens is 386 g/mol. The van der Waals surface area contributed by atoms with Crippen LogP contribution in [-0.2, 0) is 9.84 Å². The number of benzene rings is 2. The van der Waals surface area contributed by atoms with E-state index in [1.165, 1.54) is 36.7 Å². The Hall–Kier alpha value is -3.13. The van der Waals surface area contributed by atoms with Crippen molar-refractivity contribution in [2.75, 3.05) is 6.54 Å². The first kappa shape index (κ1) is 19.6. The summed E-state index contributed by atoms with van der Waals surface area (Å²) < 4.78 is 52.4. The maximum atomic E-state index is 13.2. The number of pyridine rings is 1. The number of hydrogen-bond donors (Lipinski definition) is 1. The third-order valence-corrected chi connectivity index (χ3v) is 6.24. The molecule has 0 aliphatic carbocycles. The van der Waals surface area contributed by atoms with E-state index in [0.29, 0.717) is 5.56 Å². The molecule has 0 unspecified atom stereocenters. The summed E-state index contributed by atoms with van der Waals surface area (Å²) in [4.78, 5) is 16.2. The van der Waals surface area contributed by atoms with Gasteiger partial charge in [-0.05, 0) is 60.2 Å². The topological polar surface area (TPSA) is 76.1 Å². The lowest BCUT2D eigenvalue weighted by atomic mass is 10.2. The average molecular weight is 402 g/mol. The Morgan fingerprint density at radius 3 is 2.14 bits per heavy atom. The Kier molecular flexibility index (Phi) is 5.79. The normalized spacial score (nSPS) is 12.4. The van der Waals surface area contributed by atoms with Crippen LogP contribution in [0.1, 0.15) is 21.2 Å². The molecule has 3 rings (SSSR count). The summed E-state index contributed by atoms with van der Waals surface area (Å²) in [5.74, 6) is -1.58. The van der Waals surface area contributed by atoms with Crippen molar-refractivity contribution in [2.24, 2.45) is 0 Å². The first-order valence-electron chi connectivity index (χ1n) is 8.31. The van der Waals surface area contributed by atoms with Crippen molar-refractivity contribution in [1.29, 1.82) is 0 Å². The van der Waals surface area contributed by atoms with Gasteiger partial charge in [-0.15, -0.1) is 0 Å². The number of nitrogens with one attached hydrogen (secondary N) is 1. The molecule has 0 fully saturated rings. The summed E-state index contributed by atoms with van der Waals surface area (Å²) >= 11 is 0. The van der Waals surface area contributed by atoms with Crippen LogP contribution in [0, 0.1) is 11.6 Å². The van der Waals surface area contributed by atoms with Crippen LogP contribution in [0.3, 0.4) is 0 Å². The van der Waals surface area contributed by atoms with Gasteiger partial charge in [-0.25, -0.2) is 17.2 Å². The van der Waals surface area contributed by atoms with Gasteiger partial charge in [0.2, 0.25) is 0 Å². The van der Waals surface area contributed by atoms with Crippen LogP contribution in [0.5, 0.6) is 0 Å². The molecule has 0 aliphatic rings. The minimum Gasteiger partial charge on any atom is -0.350 e. The van der Waals surface area contributed by atoms with Gasteiger partial charge in [0.15, 0.2) is 9.84 Å². The first-order valence-corrected chi connectivity index (χ1v) is 9.86. The molecule has 0 saturated heterocycles. The number of halogens is 2. The van der Waals surface area contributed by atoms with Crippen molar-refractivity contribution in [3.63, 3.8) is 0 Å². The van der Waals surface area contributed by atoms with E-state index in [4.69, 9.17) is 0 Å². The molecule has 8 heteroatoms. The molecule has 0 spiro atoms. The molecule has 1 atom stereocenters. The smallest absolute Gasteiger partial charge is 0.251 e. The minimum absolute atomic E-state index is 0.0706. The second-order valence-corrected chi connectivity index (χ2v) is 8.12. The van der Waals surface area contributed by atoms with Crippen molar-refractivity contribution < 1.29 is 22.0 Å². The Bertz CT molecular complexity index is 1050. The Labute approximate surface area is 161 Å². The van der Waals surface area contributed by atoms with Crippen molar-refractivity contribution in [3.8, 4) is 0 Å². The van der Waals surface area contributed by atoms with Gasteiger partial charge in [0, 0.05) is 24.5 Å². The Morgan fingerprint density at radius 2 is 1.57 bits per heavy atom. The van der Waals surface area contributed by atoms with Crippen LogP contribution in [0.2, 0.25) is 0 Å². The number of nitrogens with zero attached hydrogens (tertiary/aromatic N) is 1. The molecule has 0 radical (unpaired) electrons. The van der Waals surface area contributed by atoms with Crippen molar-refractivity contribution in [3.05, 3.63) is 95.8 Å². The highest BCUT2D eigenvalue weighted by atomic mass is 32.2. The molecule has 28 heavy (non-hydrogen) atoms. The highest BCUT2D eigenvalue weighted by molar-refractivity contribution is 7.91. The number of amides is 1. The largest absolute Gasteiger partial charge is 0.350 e. The third-order valence-electron chi connectivity index (χ3n) is 4.13. The highest BCUT2D eigenvalue weighted by Crippen LogP contribution is 2.28. The van der Waals surface area contributed by atoms with Gasteiger partial charge in [-0.2, -0.15) is 0 Å². The molecule has 1 N–H and O–H groups in total. The zero-order valence-corrected chi connectivity index (χ0v) is 15.4. The zero-order valence-electron chi connectivity index (χ0n) is 14.5. The molecule has 0 bridgehead atoms. The van der Waals surface area contributed by atoms with E-state index in [1.807, 2.05) is 0 Å². The molecule has 144 valence electrons. The van der Waals surface area contributed by atoms with Gasteiger partial charge in [-0.1, -0.05) is 6.07 Å². The fraction of sp³-hybridized carbons (Fsp3) is 0.100. The van der Waals surface area contributed by atoms with E-state index in [9.17, 15) is 22.0 Å². The molecule has 5 nitrogen and oxygen atoms in total. The first-order chi connectivity index (χ1) is 13.4. The second kappa shape index (κ2) is 8.26. The standard InChI is InChI=1S/C20H16F2N2O3S/c21-16-5-3-14(4-6-16)20(25)24-13-19(15-2-1-11-23-12-15)28(26,27)18-9-7-17(22)8-10-18/h1-12,19H,13H2,(H,24,25)/t19-/m0/s1. The molecule has 0 aliphatic heterocycles. The minimum atomic E-state index is -3.94. The molecule has 1 amide bonds. The fourth-order valence-corrected chi connectivity index (χ4v) is 4.29. The molecule has 0 saturated carbocycles. The maximum absolute atomic E-state index is 13.2. The van der Waals surface area contributed by atoms with Gasteiger partial charge in [0.05, 0.1) is 4.90 Å². The van der Waals surface area contributed by atoms with Crippen LogP contribution >= 0.6 is 0 Å². The lowest BCUT2D eigenvalue weighted by Crippen LogP contribution is -2.32. The lowest BCUT2D eigenvalue weighted by Gasteiger charge is -2.19. The summed E-state index contributed by atoms with van der Waals surface area (Å²) in [7, 11) is -3.94. The predicted octanol–water partition coefficient (Wildman–Crippen LogP) is 3.30. The molecule has 1 aromatic heterocycles. The van der Waals surface area contributed by atoms with Gasteiger partial charge in [0.25, 0.3) is 5.91 Å². The predicted molar refractivity (Wildman–Crippen MR) is 99.3 cm³/mol. The van der Waals surface area contributed by atoms with Crippen LogP contribution in [-0.4, -0.2) is 25.9 Å². The monoisotopic (exact) mass is 402 g/mol. The SMILES string of the molecule is O=C(NC[C@@H](c1cccnc1)S(=O)(=O)c1ccc(F)cc1)c1ccc(F)cc1. The van der Waals surface area contributed by atoms with E-state index in [0.717, 1.165) is 24.3 Å². The number of hydrogen-bond acceptors (Lipinski definition) is 4. The summed E-state index contributed by atoms with van der Waals surface area (Å²) in [5, 5.41) is 1.43. The zero-order chi connectivity index (χ0) is 20.1. The number of aromatic nitrogens is 1. The molecule has 2 aromatic carbocycles. The third kappa shape index (κ3) is 4.40. The molecule has 1 heterocycles. The van der Waals surface area contributed by atoms with Crippen LogP contribution in [0.4, 0.5) is 8.78 Å².